The average Bonchev–Trinajstić information content (AvgIpc) is 2.36. The molecule has 4 heteroatoms. The molecule has 0 spiro atoms. The molecule has 4 nitrogen and oxygen atoms in total. The van der Waals surface area contributed by atoms with Crippen LogP contribution in [0.5, 0.6) is 0 Å². The number of hydrogen-bond donors (Lipinski definition) is 1. The molecule has 1 aromatic rings. The molecule has 0 aromatic heterocycles. The summed E-state index contributed by atoms with van der Waals surface area (Å²) < 4.78 is 0. The van der Waals surface area contributed by atoms with Crippen molar-refractivity contribution in [2.45, 2.75) is 20.3 Å². The Morgan fingerprint density at radius 1 is 1.11 bits per heavy atom. The number of carboxylic acids is 1. The fourth-order valence-corrected chi connectivity index (χ4v) is 2.86. The van der Waals surface area contributed by atoms with E-state index in [1.165, 1.54) is 6.07 Å². The minimum absolute atomic E-state index is 0.0818. The van der Waals surface area contributed by atoms with E-state index in [9.17, 15) is 9.59 Å². The largest absolute Gasteiger partial charge is 0.478 e. The average molecular weight is 261 g/mol. The Morgan fingerprint density at radius 2 is 1.63 bits per heavy atom. The first-order valence-electron chi connectivity index (χ1n) is 6.60. The highest BCUT2D eigenvalue weighted by Crippen LogP contribution is 2.23. The second kappa shape index (κ2) is 5.43. The summed E-state index contributed by atoms with van der Waals surface area (Å²) >= 11 is 0. The van der Waals surface area contributed by atoms with E-state index in [0.29, 0.717) is 24.9 Å². The molecule has 1 aliphatic rings. The standard InChI is InChI=1S/C15H19NO3/c1-10-7-11(2)9-16(8-10)14(17)12-5-3-4-6-13(12)15(18)19/h3-6,10-11H,7-9H2,1-2H3,(H,18,19)/t10-,11-/m1/s1. The number of likely N-dealkylation sites (tertiary alicyclic amines) is 1. The zero-order chi connectivity index (χ0) is 14.0. The quantitative estimate of drug-likeness (QED) is 0.889. The highest BCUT2D eigenvalue weighted by Gasteiger charge is 2.28. The van der Waals surface area contributed by atoms with Gasteiger partial charge < -0.3 is 10.0 Å². The highest BCUT2D eigenvalue weighted by molar-refractivity contribution is 6.04. The Kier molecular flexibility index (Phi) is 3.88. The molecule has 0 radical (unpaired) electrons. The van der Waals surface area contributed by atoms with Crippen molar-refractivity contribution in [3.63, 3.8) is 0 Å². The predicted molar refractivity (Wildman–Crippen MR) is 72.2 cm³/mol. The SMILES string of the molecule is C[C@@H]1C[C@@H](C)CN(C(=O)c2ccccc2C(=O)O)C1. The number of piperidine rings is 1. The topological polar surface area (TPSA) is 57.6 Å². The first kappa shape index (κ1) is 13.6. The Labute approximate surface area is 113 Å². The summed E-state index contributed by atoms with van der Waals surface area (Å²) in [6.45, 7) is 5.66. The van der Waals surface area contributed by atoms with Crippen molar-refractivity contribution in [3.8, 4) is 0 Å². The van der Waals surface area contributed by atoms with Crippen LogP contribution in [0.15, 0.2) is 24.3 Å². The molecule has 1 fully saturated rings. The lowest BCUT2D eigenvalue weighted by atomic mass is 9.91. The zero-order valence-electron chi connectivity index (χ0n) is 11.3. The fourth-order valence-electron chi connectivity index (χ4n) is 2.86. The second-order valence-corrected chi connectivity index (χ2v) is 5.51. The number of carbonyl (C=O) groups excluding carboxylic acids is 1. The Hall–Kier alpha value is -1.84. The highest BCUT2D eigenvalue weighted by atomic mass is 16.4. The number of carbonyl (C=O) groups is 2. The normalized spacial score (nSPS) is 23.2. The van der Waals surface area contributed by atoms with Crippen molar-refractivity contribution in [1.29, 1.82) is 0 Å². The molecule has 19 heavy (non-hydrogen) atoms. The third kappa shape index (κ3) is 2.95. The summed E-state index contributed by atoms with van der Waals surface area (Å²) in [5.74, 6) is -0.298. The molecular formula is C15H19NO3. The maximum absolute atomic E-state index is 12.5. The van der Waals surface area contributed by atoms with Gasteiger partial charge in [0.15, 0.2) is 0 Å². The number of benzene rings is 1. The zero-order valence-corrected chi connectivity index (χ0v) is 11.3. The molecule has 1 aliphatic heterocycles. The molecule has 1 heterocycles. The number of hydrogen-bond acceptors (Lipinski definition) is 2. The number of nitrogens with zero attached hydrogens (tertiary/aromatic N) is 1. The van der Waals surface area contributed by atoms with Crippen LogP contribution in [0.2, 0.25) is 0 Å². The maximum atomic E-state index is 12.5. The summed E-state index contributed by atoms with van der Waals surface area (Å²) in [6, 6.07) is 6.42. The molecule has 1 N–H and O–H groups in total. The second-order valence-electron chi connectivity index (χ2n) is 5.51. The van der Waals surface area contributed by atoms with E-state index in [0.717, 1.165) is 6.42 Å². The van der Waals surface area contributed by atoms with Crippen LogP contribution >= 0.6 is 0 Å². The maximum Gasteiger partial charge on any atom is 0.336 e. The van der Waals surface area contributed by atoms with Crippen molar-refractivity contribution < 1.29 is 14.7 Å². The Bertz CT molecular complexity index is 488. The van der Waals surface area contributed by atoms with Crippen LogP contribution in [0.4, 0.5) is 0 Å². The monoisotopic (exact) mass is 261 g/mol. The van der Waals surface area contributed by atoms with Crippen molar-refractivity contribution in [3.05, 3.63) is 35.4 Å². The van der Waals surface area contributed by atoms with E-state index in [1.807, 2.05) is 0 Å². The number of carboxylic acid groups (broad SMARTS) is 1. The van der Waals surface area contributed by atoms with Crippen LogP contribution in [0.3, 0.4) is 0 Å². The summed E-state index contributed by atoms with van der Waals surface area (Å²) in [4.78, 5) is 25.4. The third-order valence-electron chi connectivity index (χ3n) is 3.54. The lowest BCUT2D eigenvalue weighted by Gasteiger charge is -2.35. The van der Waals surface area contributed by atoms with Crippen molar-refractivity contribution in [2.75, 3.05) is 13.1 Å². The molecule has 1 saturated heterocycles. The van der Waals surface area contributed by atoms with Crippen LogP contribution in [0.1, 0.15) is 41.0 Å². The number of aromatic carboxylic acids is 1. The molecule has 2 atom stereocenters. The van der Waals surface area contributed by atoms with E-state index in [-0.39, 0.29) is 17.0 Å². The first-order chi connectivity index (χ1) is 8.99. The Balaban J connectivity index is 2.27. The molecule has 0 bridgehead atoms. The first-order valence-corrected chi connectivity index (χ1v) is 6.60. The van der Waals surface area contributed by atoms with Gasteiger partial charge in [-0.05, 0) is 30.4 Å². The predicted octanol–water partition coefficient (Wildman–Crippen LogP) is 2.50. The van der Waals surface area contributed by atoms with Gasteiger partial charge in [0, 0.05) is 13.1 Å². The van der Waals surface area contributed by atoms with Crippen LogP contribution in [0.25, 0.3) is 0 Å². The van der Waals surface area contributed by atoms with Gasteiger partial charge in [-0.15, -0.1) is 0 Å². The summed E-state index contributed by atoms with van der Waals surface area (Å²) in [7, 11) is 0. The van der Waals surface area contributed by atoms with Crippen molar-refractivity contribution >= 4 is 11.9 Å². The van der Waals surface area contributed by atoms with Crippen LogP contribution in [-0.4, -0.2) is 35.0 Å². The third-order valence-corrected chi connectivity index (χ3v) is 3.54. The van der Waals surface area contributed by atoms with Gasteiger partial charge in [-0.1, -0.05) is 26.0 Å². The minimum atomic E-state index is -1.05. The van der Waals surface area contributed by atoms with Gasteiger partial charge >= 0.3 is 5.97 Å². The van der Waals surface area contributed by atoms with Crippen LogP contribution in [0, 0.1) is 11.8 Å². The van der Waals surface area contributed by atoms with E-state index in [1.54, 1.807) is 23.1 Å². The van der Waals surface area contributed by atoms with Crippen molar-refractivity contribution in [2.24, 2.45) is 11.8 Å². The molecule has 0 aliphatic carbocycles. The lowest BCUT2D eigenvalue weighted by Crippen LogP contribution is -2.43. The summed E-state index contributed by atoms with van der Waals surface area (Å²) in [5, 5.41) is 9.15. The number of amides is 1. The fraction of sp³-hybridized carbons (Fsp3) is 0.467. The Morgan fingerprint density at radius 3 is 2.16 bits per heavy atom. The van der Waals surface area contributed by atoms with Gasteiger partial charge in [0.2, 0.25) is 0 Å². The van der Waals surface area contributed by atoms with E-state index < -0.39 is 5.97 Å². The minimum Gasteiger partial charge on any atom is -0.478 e. The van der Waals surface area contributed by atoms with Crippen LogP contribution < -0.4 is 0 Å². The summed E-state index contributed by atoms with van der Waals surface area (Å²) in [6.07, 6.45) is 1.12. The molecule has 0 unspecified atom stereocenters. The molecular weight excluding hydrogens is 242 g/mol. The van der Waals surface area contributed by atoms with Gasteiger partial charge in [-0.2, -0.15) is 0 Å². The molecule has 1 aromatic carbocycles. The lowest BCUT2D eigenvalue weighted by molar-refractivity contribution is 0.0605. The van der Waals surface area contributed by atoms with Crippen molar-refractivity contribution in [1.82, 2.24) is 4.90 Å². The van der Waals surface area contributed by atoms with E-state index in [2.05, 4.69) is 13.8 Å². The smallest absolute Gasteiger partial charge is 0.336 e. The molecule has 0 saturated carbocycles. The van der Waals surface area contributed by atoms with E-state index >= 15 is 0 Å². The molecule has 102 valence electrons. The van der Waals surface area contributed by atoms with Gasteiger partial charge in [0.1, 0.15) is 0 Å². The van der Waals surface area contributed by atoms with Gasteiger partial charge in [0.05, 0.1) is 11.1 Å². The van der Waals surface area contributed by atoms with E-state index in [4.69, 9.17) is 5.11 Å². The molecule has 1 amide bonds. The van der Waals surface area contributed by atoms with Crippen LogP contribution in [-0.2, 0) is 0 Å². The van der Waals surface area contributed by atoms with Gasteiger partial charge in [0.25, 0.3) is 5.91 Å². The van der Waals surface area contributed by atoms with Gasteiger partial charge in [-0.3, -0.25) is 4.79 Å². The van der Waals surface area contributed by atoms with Gasteiger partial charge in [-0.25, -0.2) is 4.79 Å². The number of rotatable bonds is 2. The molecule has 2 rings (SSSR count). The summed E-state index contributed by atoms with van der Waals surface area (Å²) in [5.41, 5.74) is 0.370.